The molecule has 1 aromatic heterocycles. The van der Waals surface area contributed by atoms with Gasteiger partial charge in [-0.05, 0) is 77.2 Å². The Labute approximate surface area is 258 Å². The minimum Gasteiger partial charge on any atom is -0.465 e. The van der Waals surface area contributed by atoms with Crippen LogP contribution in [0, 0.1) is 28.6 Å². The molecule has 0 radical (unpaired) electrons. The fourth-order valence-electron chi connectivity index (χ4n) is 8.65. The number of thioether (sulfide) groups is 1. The van der Waals surface area contributed by atoms with Crippen molar-refractivity contribution in [2.45, 2.75) is 75.2 Å². The van der Waals surface area contributed by atoms with E-state index >= 15 is 8.78 Å². The van der Waals surface area contributed by atoms with Gasteiger partial charge in [0.1, 0.15) is 16.3 Å². The minimum absolute atomic E-state index is 0.00839. The maximum atomic E-state index is 17.7. The molecule has 0 aromatic carbocycles. The number of rotatable bonds is 4. The zero-order chi connectivity index (χ0) is 30.4. The molecule has 7 nitrogen and oxygen atoms in total. The molecule has 6 rings (SSSR count). The number of fused-ring (bicyclic) bond motifs is 5. The maximum Gasteiger partial charge on any atom is 0.350 e. The van der Waals surface area contributed by atoms with Gasteiger partial charge in [0.2, 0.25) is 5.12 Å². The van der Waals surface area contributed by atoms with Crippen LogP contribution >= 0.6 is 39.0 Å². The molecule has 0 bridgehead atoms. The summed E-state index contributed by atoms with van der Waals surface area (Å²) in [6.45, 7) is 5.15. The van der Waals surface area contributed by atoms with Crippen LogP contribution in [0.3, 0.4) is 0 Å². The van der Waals surface area contributed by atoms with E-state index in [2.05, 4.69) is 15.9 Å². The highest BCUT2D eigenvalue weighted by Gasteiger charge is 2.78. The number of hydrogen-bond donors (Lipinski definition) is 1. The molecule has 4 fully saturated rings. The summed E-state index contributed by atoms with van der Waals surface area (Å²) in [5, 5.41) is 12.1. The van der Waals surface area contributed by atoms with Gasteiger partial charge >= 0.3 is 11.9 Å². The number of alkyl halides is 2. The Balaban J connectivity index is 1.47. The van der Waals surface area contributed by atoms with Crippen LogP contribution in [0.15, 0.2) is 39.7 Å². The summed E-state index contributed by atoms with van der Waals surface area (Å²) >= 11 is 5.24. The summed E-state index contributed by atoms with van der Waals surface area (Å²) in [6.07, 6.45) is 0.387. The molecule has 0 unspecified atom stereocenters. The molecule has 1 saturated heterocycles. The third-order valence-electron chi connectivity index (χ3n) is 10.7. The van der Waals surface area contributed by atoms with Gasteiger partial charge < -0.3 is 14.6 Å². The van der Waals surface area contributed by atoms with Crippen LogP contribution in [0.5, 0.6) is 0 Å². The maximum absolute atomic E-state index is 17.7. The first-order valence-electron chi connectivity index (χ1n) is 14.0. The first-order valence-corrected chi connectivity index (χ1v) is 16.6. The number of carbonyl (C=O) groups excluding carboxylic acids is 4. The van der Waals surface area contributed by atoms with E-state index in [4.69, 9.17) is 9.47 Å². The molecule has 4 aliphatic carbocycles. The first-order chi connectivity index (χ1) is 19.7. The molecule has 1 aliphatic heterocycles. The molecular weight excluding hydrogens is 654 g/mol. The smallest absolute Gasteiger partial charge is 0.350 e. The van der Waals surface area contributed by atoms with Gasteiger partial charge in [-0.1, -0.05) is 31.7 Å². The normalized spacial score (nSPS) is 44.1. The van der Waals surface area contributed by atoms with E-state index in [1.54, 1.807) is 25.3 Å². The van der Waals surface area contributed by atoms with E-state index in [-0.39, 0.29) is 36.3 Å². The van der Waals surface area contributed by atoms with Crippen LogP contribution in [0.25, 0.3) is 0 Å². The second-order valence-electron chi connectivity index (χ2n) is 12.6. The predicted molar refractivity (Wildman–Crippen MR) is 155 cm³/mol. The largest absolute Gasteiger partial charge is 0.465 e. The summed E-state index contributed by atoms with van der Waals surface area (Å²) in [5.74, 6) is -4.08. The quantitative estimate of drug-likeness (QED) is 0.412. The Morgan fingerprint density at radius 3 is 2.62 bits per heavy atom. The lowest BCUT2D eigenvalue weighted by molar-refractivity contribution is -0.221. The highest BCUT2D eigenvalue weighted by molar-refractivity contribution is 9.10. The molecule has 12 heteroatoms. The molecule has 0 spiro atoms. The Hall–Kier alpha value is -1.89. The lowest BCUT2D eigenvalue weighted by Crippen LogP contribution is -2.70. The number of carbonyl (C=O) groups is 4. The summed E-state index contributed by atoms with van der Waals surface area (Å²) in [6, 6.07) is 1.68. The van der Waals surface area contributed by atoms with Gasteiger partial charge in [0.05, 0.1) is 12.7 Å². The molecular formula is C30H31BrF2O7S2. The van der Waals surface area contributed by atoms with Crippen molar-refractivity contribution in [3.63, 3.8) is 0 Å². The van der Waals surface area contributed by atoms with Crippen LogP contribution in [-0.2, 0) is 23.9 Å². The Bertz CT molecular complexity index is 1440. The highest BCUT2D eigenvalue weighted by Crippen LogP contribution is 2.72. The third-order valence-corrected chi connectivity index (χ3v) is 13.7. The van der Waals surface area contributed by atoms with Crippen LogP contribution in [0.4, 0.5) is 8.78 Å². The standard InChI is InChI=1S/C30H31BrF2O7S2/c1-14-10-16-17-12-20(32)18-11-15(34)4-7-27(18,2)29(17,33)22(35)13-28(16,3)30(14,26(38)42-21-5-8-39-24(21)36)40-25(37)23-19(31)6-9-41-23/h4,6-7,9,11,14,16-17,20-22,35H,5,8,10,12-13H2,1-3H3/t14-,16+,17+,20+,21+,22+,27+,28+,29+,30+/m1/s1. The lowest BCUT2D eigenvalue weighted by atomic mass is 9.44. The van der Waals surface area contributed by atoms with Gasteiger partial charge in [-0.2, -0.15) is 0 Å². The molecule has 10 atom stereocenters. The minimum atomic E-state index is -2.34. The van der Waals surface area contributed by atoms with Crippen molar-refractivity contribution in [3.05, 3.63) is 44.6 Å². The number of thiophene rings is 1. The van der Waals surface area contributed by atoms with E-state index in [1.807, 2.05) is 0 Å². The molecule has 3 saturated carbocycles. The Morgan fingerprint density at radius 1 is 1.24 bits per heavy atom. The van der Waals surface area contributed by atoms with Crippen molar-refractivity contribution in [3.8, 4) is 0 Å². The fraction of sp³-hybridized carbons (Fsp3) is 0.600. The van der Waals surface area contributed by atoms with Crippen molar-refractivity contribution >= 4 is 61.9 Å². The average molecular weight is 686 g/mol. The van der Waals surface area contributed by atoms with E-state index in [0.29, 0.717) is 10.9 Å². The molecule has 42 heavy (non-hydrogen) atoms. The number of allylic oxidation sites excluding steroid dienone is 4. The molecule has 1 N–H and O–H groups in total. The van der Waals surface area contributed by atoms with Crippen molar-refractivity contribution in [2.75, 3.05) is 6.61 Å². The van der Waals surface area contributed by atoms with E-state index in [1.165, 1.54) is 19.1 Å². The van der Waals surface area contributed by atoms with E-state index in [9.17, 15) is 24.3 Å². The van der Waals surface area contributed by atoms with E-state index < -0.39 is 80.2 Å². The average Bonchev–Trinajstić information content (AvgIpc) is 3.60. The zero-order valence-corrected chi connectivity index (χ0v) is 26.5. The fourth-order valence-corrected chi connectivity index (χ4v) is 11.3. The molecule has 0 amide bonds. The summed E-state index contributed by atoms with van der Waals surface area (Å²) in [4.78, 5) is 52.8. The number of cyclic esters (lactones) is 1. The van der Waals surface area contributed by atoms with Crippen LogP contribution in [0.1, 0.15) is 56.1 Å². The van der Waals surface area contributed by atoms with Gasteiger partial charge in [0, 0.05) is 33.6 Å². The highest BCUT2D eigenvalue weighted by atomic mass is 79.9. The topological polar surface area (TPSA) is 107 Å². The van der Waals surface area contributed by atoms with Gasteiger partial charge in [-0.3, -0.25) is 14.4 Å². The zero-order valence-electron chi connectivity index (χ0n) is 23.2. The number of aliphatic hydroxyl groups excluding tert-OH is 1. The molecule has 1 aromatic rings. The van der Waals surface area contributed by atoms with E-state index in [0.717, 1.165) is 29.2 Å². The number of halogens is 3. The van der Waals surface area contributed by atoms with Gasteiger partial charge in [-0.15, -0.1) is 11.3 Å². The van der Waals surface area contributed by atoms with Crippen molar-refractivity contribution in [1.29, 1.82) is 0 Å². The number of aliphatic hydroxyl groups is 1. The Kier molecular flexibility index (Phi) is 7.23. The number of hydrogen-bond acceptors (Lipinski definition) is 9. The summed E-state index contributed by atoms with van der Waals surface area (Å²) < 4.78 is 45.4. The second-order valence-corrected chi connectivity index (χ2v) is 15.5. The lowest BCUT2D eigenvalue weighted by Gasteiger charge is -2.63. The van der Waals surface area contributed by atoms with Crippen molar-refractivity contribution in [1.82, 2.24) is 0 Å². The molecule has 226 valence electrons. The van der Waals surface area contributed by atoms with Crippen LogP contribution in [-0.4, -0.2) is 63.3 Å². The number of ketones is 1. The van der Waals surface area contributed by atoms with Crippen molar-refractivity contribution in [2.24, 2.45) is 28.6 Å². The number of esters is 2. The van der Waals surface area contributed by atoms with Crippen molar-refractivity contribution < 1.29 is 42.5 Å². The second kappa shape index (κ2) is 10.1. The van der Waals surface area contributed by atoms with Crippen LogP contribution in [0.2, 0.25) is 0 Å². The third kappa shape index (κ3) is 3.89. The van der Waals surface area contributed by atoms with Gasteiger partial charge in [-0.25, -0.2) is 13.6 Å². The molecule has 5 aliphatic rings. The predicted octanol–water partition coefficient (Wildman–Crippen LogP) is 5.55. The Morgan fingerprint density at radius 2 is 1.98 bits per heavy atom. The van der Waals surface area contributed by atoms with Crippen LogP contribution < -0.4 is 0 Å². The SMILES string of the molecule is C[C@@H]1C[C@H]2[C@@H]3C[C@H](F)C4=CC(=O)C=C[C@]4(C)[C@@]3(F)[C@@H](O)C[C@]2(C)[C@@]1(OC(=O)c1sccc1Br)C(=O)S[C@H]1CCOC1=O. The molecule has 2 heterocycles. The van der Waals surface area contributed by atoms with Gasteiger partial charge in [0.15, 0.2) is 17.1 Å². The van der Waals surface area contributed by atoms with Gasteiger partial charge in [0.25, 0.3) is 0 Å². The monoisotopic (exact) mass is 684 g/mol. The summed E-state index contributed by atoms with van der Waals surface area (Å²) in [7, 11) is 0. The number of ether oxygens (including phenoxy) is 2. The summed E-state index contributed by atoms with van der Waals surface area (Å²) in [5.41, 5.74) is -7.07. The first kappa shape index (κ1) is 30.1.